The van der Waals surface area contributed by atoms with Crippen LogP contribution in [0.2, 0.25) is 0 Å². The summed E-state index contributed by atoms with van der Waals surface area (Å²) in [4.78, 5) is 1.19. The van der Waals surface area contributed by atoms with Crippen molar-refractivity contribution in [3.8, 4) is 0 Å². The van der Waals surface area contributed by atoms with Crippen molar-refractivity contribution >= 4 is 27.3 Å². The first-order valence-corrected chi connectivity index (χ1v) is 7.05. The third-order valence-electron chi connectivity index (χ3n) is 2.36. The lowest BCUT2D eigenvalue weighted by atomic mass is 10.2. The molecule has 0 radical (unpaired) electrons. The van der Waals surface area contributed by atoms with Gasteiger partial charge in [-0.05, 0) is 54.4 Å². The largest absolute Gasteiger partial charge is 0.389 e. The first-order valence-electron chi connectivity index (χ1n) is 5.44. The fraction of sp³-hybridized carbons (Fsp3) is 0.636. The van der Waals surface area contributed by atoms with E-state index in [4.69, 9.17) is 0 Å². The van der Waals surface area contributed by atoms with Crippen LogP contribution < -0.4 is 5.32 Å². The Kier molecular flexibility index (Phi) is 5.95. The van der Waals surface area contributed by atoms with Crippen LogP contribution in [0.25, 0.3) is 0 Å². The molecule has 17 heavy (non-hydrogen) atoms. The van der Waals surface area contributed by atoms with Crippen LogP contribution >= 0.6 is 27.3 Å². The molecule has 1 nitrogen and oxygen atoms in total. The van der Waals surface area contributed by atoms with Crippen molar-refractivity contribution in [1.29, 1.82) is 0 Å². The SMILES string of the molecule is CC(NCCCCC(F)(F)F)c1ccc(Br)s1. The Morgan fingerprint density at radius 3 is 2.59 bits per heavy atom. The normalized spacial score (nSPS) is 13.9. The van der Waals surface area contributed by atoms with E-state index in [1.807, 2.05) is 19.1 Å². The molecule has 1 aromatic rings. The predicted octanol–water partition coefficient (Wildman–Crippen LogP) is 4.89. The van der Waals surface area contributed by atoms with E-state index in [9.17, 15) is 13.2 Å². The third-order valence-corrected chi connectivity index (χ3v) is 4.16. The molecule has 0 aliphatic rings. The lowest BCUT2D eigenvalue weighted by Crippen LogP contribution is -2.19. The van der Waals surface area contributed by atoms with E-state index in [1.54, 1.807) is 11.3 Å². The van der Waals surface area contributed by atoms with Crippen molar-refractivity contribution in [1.82, 2.24) is 5.32 Å². The second kappa shape index (κ2) is 6.75. The number of unbranched alkanes of at least 4 members (excludes halogenated alkanes) is 1. The zero-order chi connectivity index (χ0) is 12.9. The number of hydrogen-bond donors (Lipinski definition) is 1. The summed E-state index contributed by atoms with van der Waals surface area (Å²) in [6, 6.07) is 4.18. The maximum Gasteiger partial charge on any atom is 0.389 e. The van der Waals surface area contributed by atoms with Crippen LogP contribution in [0, 0.1) is 0 Å². The van der Waals surface area contributed by atoms with E-state index < -0.39 is 12.6 Å². The predicted molar refractivity (Wildman–Crippen MR) is 68.3 cm³/mol. The quantitative estimate of drug-likeness (QED) is 0.732. The summed E-state index contributed by atoms with van der Waals surface area (Å²) < 4.78 is 36.7. The van der Waals surface area contributed by atoms with Crippen molar-refractivity contribution in [3.05, 3.63) is 20.8 Å². The van der Waals surface area contributed by atoms with Gasteiger partial charge in [-0.2, -0.15) is 13.2 Å². The fourth-order valence-electron chi connectivity index (χ4n) is 1.43. The standard InChI is InChI=1S/C11H15BrF3NS/c1-8(9-4-5-10(12)17-9)16-7-3-2-6-11(13,14)15/h4-5,8,16H,2-3,6-7H2,1H3. The van der Waals surface area contributed by atoms with Gasteiger partial charge in [-0.25, -0.2) is 0 Å². The first-order chi connectivity index (χ1) is 7.88. The molecule has 1 aromatic heterocycles. The Hall–Kier alpha value is -0.0700. The highest BCUT2D eigenvalue weighted by Crippen LogP contribution is 2.27. The second-order valence-corrected chi connectivity index (χ2v) is 6.38. The van der Waals surface area contributed by atoms with Gasteiger partial charge >= 0.3 is 6.18 Å². The zero-order valence-corrected chi connectivity index (χ0v) is 11.9. The van der Waals surface area contributed by atoms with Crippen LogP contribution in [0.1, 0.15) is 37.1 Å². The van der Waals surface area contributed by atoms with Gasteiger partial charge in [-0.15, -0.1) is 11.3 Å². The Morgan fingerprint density at radius 2 is 2.06 bits per heavy atom. The first kappa shape index (κ1) is 15.0. The van der Waals surface area contributed by atoms with Crippen molar-refractivity contribution in [2.45, 2.75) is 38.4 Å². The second-order valence-electron chi connectivity index (χ2n) is 3.89. The molecule has 1 N–H and O–H groups in total. The lowest BCUT2D eigenvalue weighted by Gasteiger charge is -2.12. The summed E-state index contributed by atoms with van der Waals surface area (Å²) in [6.07, 6.45) is -3.97. The van der Waals surface area contributed by atoms with E-state index >= 15 is 0 Å². The molecule has 0 spiro atoms. The van der Waals surface area contributed by atoms with E-state index in [2.05, 4.69) is 21.2 Å². The molecule has 0 saturated heterocycles. The molecular weight excluding hydrogens is 315 g/mol. The highest BCUT2D eigenvalue weighted by atomic mass is 79.9. The van der Waals surface area contributed by atoms with Gasteiger partial charge in [0.1, 0.15) is 0 Å². The van der Waals surface area contributed by atoms with Gasteiger partial charge in [0.2, 0.25) is 0 Å². The van der Waals surface area contributed by atoms with E-state index in [1.165, 1.54) is 4.88 Å². The minimum absolute atomic E-state index is 0.192. The van der Waals surface area contributed by atoms with Crippen LogP contribution in [-0.2, 0) is 0 Å². The minimum atomic E-state index is -4.02. The maximum absolute atomic E-state index is 11.9. The molecular formula is C11H15BrF3NS. The molecule has 1 heterocycles. The van der Waals surface area contributed by atoms with Gasteiger partial charge in [-0.1, -0.05) is 0 Å². The minimum Gasteiger partial charge on any atom is -0.309 e. The number of halogens is 4. The molecule has 0 saturated carbocycles. The van der Waals surface area contributed by atoms with Crippen LogP contribution in [0.5, 0.6) is 0 Å². The van der Waals surface area contributed by atoms with Crippen LogP contribution in [0.15, 0.2) is 15.9 Å². The van der Waals surface area contributed by atoms with Gasteiger partial charge < -0.3 is 5.32 Å². The van der Waals surface area contributed by atoms with Crippen molar-refractivity contribution in [2.75, 3.05) is 6.54 Å². The molecule has 1 rings (SSSR count). The lowest BCUT2D eigenvalue weighted by molar-refractivity contribution is -0.135. The number of nitrogens with one attached hydrogen (secondary N) is 1. The summed E-state index contributed by atoms with van der Waals surface area (Å²) in [5, 5.41) is 3.22. The molecule has 1 atom stereocenters. The highest BCUT2D eigenvalue weighted by molar-refractivity contribution is 9.11. The summed E-state index contributed by atoms with van der Waals surface area (Å²) in [6.45, 7) is 2.63. The average molecular weight is 330 g/mol. The van der Waals surface area contributed by atoms with Crippen LogP contribution in [0.4, 0.5) is 13.2 Å². The Bertz CT molecular complexity index is 338. The van der Waals surface area contributed by atoms with Gasteiger partial charge in [0, 0.05) is 17.3 Å². The topological polar surface area (TPSA) is 12.0 Å². The molecule has 0 bridgehead atoms. The molecule has 1 unspecified atom stereocenters. The Labute approximate surface area is 112 Å². The number of rotatable bonds is 6. The summed E-state index contributed by atoms with van der Waals surface area (Å²) in [5.41, 5.74) is 0. The molecule has 0 aliphatic heterocycles. The molecule has 6 heteroatoms. The number of thiophene rings is 1. The Morgan fingerprint density at radius 1 is 1.35 bits per heavy atom. The molecule has 0 aromatic carbocycles. The van der Waals surface area contributed by atoms with Gasteiger partial charge in [-0.3, -0.25) is 0 Å². The molecule has 0 aliphatic carbocycles. The molecule has 0 amide bonds. The highest BCUT2D eigenvalue weighted by Gasteiger charge is 2.25. The number of hydrogen-bond acceptors (Lipinski definition) is 2. The summed E-state index contributed by atoms with van der Waals surface area (Å²) in [5.74, 6) is 0. The van der Waals surface area contributed by atoms with Gasteiger partial charge in [0.05, 0.1) is 3.79 Å². The fourth-order valence-corrected chi connectivity index (χ4v) is 2.88. The molecule has 98 valence electrons. The van der Waals surface area contributed by atoms with Crippen molar-refractivity contribution in [3.63, 3.8) is 0 Å². The van der Waals surface area contributed by atoms with E-state index in [0.29, 0.717) is 13.0 Å². The van der Waals surface area contributed by atoms with E-state index in [0.717, 1.165) is 3.79 Å². The van der Waals surface area contributed by atoms with Crippen LogP contribution in [0.3, 0.4) is 0 Å². The van der Waals surface area contributed by atoms with Gasteiger partial charge in [0.15, 0.2) is 0 Å². The summed E-state index contributed by atoms with van der Waals surface area (Å²) >= 11 is 5.02. The van der Waals surface area contributed by atoms with Crippen molar-refractivity contribution < 1.29 is 13.2 Å². The van der Waals surface area contributed by atoms with Crippen molar-refractivity contribution in [2.24, 2.45) is 0 Å². The Balaban J connectivity index is 2.15. The molecule has 0 fully saturated rings. The zero-order valence-electron chi connectivity index (χ0n) is 9.48. The van der Waals surface area contributed by atoms with Crippen LogP contribution in [-0.4, -0.2) is 12.7 Å². The average Bonchev–Trinajstić information content (AvgIpc) is 2.62. The number of alkyl halides is 3. The summed E-state index contributed by atoms with van der Waals surface area (Å²) in [7, 11) is 0. The maximum atomic E-state index is 11.9. The smallest absolute Gasteiger partial charge is 0.309 e. The van der Waals surface area contributed by atoms with Gasteiger partial charge in [0.25, 0.3) is 0 Å². The third kappa shape index (κ3) is 6.43. The monoisotopic (exact) mass is 329 g/mol. The van der Waals surface area contributed by atoms with E-state index in [-0.39, 0.29) is 12.5 Å².